The van der Waals surface area contributed by atoms with Crippen molar-refractivity contribution in [2.24, 2.45) is 0 Å². The highest BCUT2D eigenvalue weighted by Crippen LogP contribution is 2.18. The Morgan fingerprint density at radius 1 is 1.25 bits per heavy atom. The third-order valence-corrected chi connectivity index (χ3v) is 3.25. The molecule has 1 amide bonds. The van der Waals surface area contributed by atoms with Gasteiger partial charge in [-0.1, -0.05) is 30.3 Å². The summed E-state index contributed by atoms with van der Waals surface area (Å²) in [6.07, 6.45) is 1.66. The molecule has 0 unspecified atom stereocenters. The fourth-order valence-electron chi connectivity index (χ4n) is 2.21. The Balaban J connectivity index is 2.18. The predicted octanol–water partition coefficient (Wildman–Crippen LogP) is 1.46. The SMILES string of the molecule is CCNC(=O)[C@@H](C)[NH2+][C@@H](c1ccccc1)c1ccco1. The lowest BCUT2D eigenvalue weighted by Gasteiger charge is -2.18. The molecule has 2 aromatic rings. The maximum atomic E-state index is 11.9. The summed E-state index contributed by atoms with van der Waals surface area (Å²) in [7, 11) is 0. The van der Waals surface area contributed by atoms with Gasteiger partial charge in [0, 0.05) is 12.1 Å². The Labute approximate surface area is 119 Å². The average Bonchev–Trinajstić information content (AvgIpc) is 2.99. The zero-order chi connectivity index (χ0) is 14.4. The Bertz CT molecular complexity index is 523. The van der Waals surface area contributed by atoms with Crippen LogP contribution in [0.15, 0.2) is 53.1 Å². The first-order valence-electron chi connectivity index (χ1n) is 6.93. The van der Waals surface area contributed by atoms with E-state index in [0.717, 1.165) is 11.3 Å². The van der Waals surface area contributed by atoms with Gasteiger partial charge in [-0.15, -0.1) is 0 Å². The smallest absolute Gasteiger partial charge is 0.277 e. The van der Waals surface area contributed by atoms with Crippen LogP contribution in [0.25, 0.3) is 0 Å². The number of benzene rings is 1. The van der Waals surface area contributed by atoms with Gasteiger partial charge in [0.05, 0.1) is 6.26 Å². The van der Waals surface area contributed by atoms with E-state index in [4.69, 9.17) is 4.42 Å². The number of rotatable bonds is 6. The Kier molecular flexibility index (Phi) is 4.96. The summed E-state index contributed by atoms with van der Waals surface area (Å²) in [6.45, 7) is 4.48. The quantitative estimate of drug-likeness (QED) is 0.837. The van der Waals surface area contributed by atoms with Crippen LogP contribution in [-0.2, 0) is 4.79 Å². The van der Waals surface area contributed by atoms with Crippen molar-refractivity contribution >= 4 is 5.91 Å². The highest BCUT2D eigenvalue weighted by atomic mass is 16.3. The van der Waals surface area contributed by atoms with Gasteiger partial charge in [-0.25, -0.2) is 0 Å². The van der Waals surface area contributed by atoms with Crippen LogP contribution in [0, 0.1) is 0 Å². The minimum Gasteiger partial charge on any atom is -0.463 e. The van der Waals surface area contributed by atoms with E-state index in [0.29, 0.717) is 6.54 Å². The fourth-order valence-corrected chi connectivity index (χ4v) is 2.21. The molecule has 4 heteroatoms. The van der Waals surface area contributed by atoms with Crippen molar-refractivity contribution < 1.29 is 14.5 Å². The van der Waals surface area contributed by atoms with Crippen molar-refractivity contribution in [2.75, 3.05) is 6.54 Å². The summed E-state index contributed by atoms with van der Waals surface area (Å²) in [6, 6.07) is 13.7. The van der Waals surface area contributed by atoms with Gasteiger partial charge in [0.2, 0.25) is 0 Å². The van der Waals surface area contributed by atoms with Crippen molar-refractivity contribution in [1.82, 2.24) is 5.32 Å². The standard InChI is InChI=1S/C16H20N2O2/c1-3-17-16(19)12(2)18-15(14-10-7-11-20-14)13-8-5-4-6-9-13/h4-12,15,18H,3H2,1-2H3,(H,17,19)/p+1/t12-,15+/m1/s1. The summed E-state index contributed by atoms with van der Waals surface area (Å²) in [4.78, 5) is 11.9. The van der Waals surface area contributed by atoms with Crippen LogP contribution in [-0.4, -0.2) is 18.5 Å². The molecule has 0 aliphatic carbocycles. The van der Waals surface area contributed by atoms with Crippen molar-refractivity contribution in [1.29, 1.82) is 0 Å². The van der Waals surface area contributed by atoms with Gasteiger partial charge in [0.1, 0.15) is 0 Å². The molecule has 4 nitrogen and oxygen atoms in total. The number of nitrogens with two attached hydrogens (primary N) is 1. The van der Waals surface area contributed by atoms with Crippen molar-refractivity contribution in [2.45, 2.75) is 25.9 Å². The molecule has 106 valence electrons. The Morgan fingerprint density at radius 2 is 2.00 bits per heavy atom. The summed E-state index contributed by atoms with van der Waals surface area (Å²) >= 11 is 0. The van der Waals surface area contributed by atoms with Crippen molar-refractivity contribution in [3.05, 3.63) is 60.1 Å². The van der Waals surface area contributed by atoms with Gasteiger partial charge in [-0.05, 0) is 26.0 Å². The lowest BCUT2D eigenvalue weighted by atomic mass is 10.0. The number of quaternary nitrogens is 1. The number of hydrogen-bond acceptors (Lipinski definition) is 2. The van der Waals surface area contributed by atoms with E-state index >= 15 is 0 Å². The summed E-state index contributed by atoms with van der Waals surface area (Å²) in [5.74, 6) is 0.896. The molecule has 0 fully saturated rings. The Hall–Kier alpha value is -2.07. The van der Waals surface area contributed by atoms with Crippen molar-refractivity contribution in [3.63, 3.8) is 0 Å². The third kappa shape index (κ3) is 3.48. The molecule has 0 spiro atoms. The highest BCUT2D eigenvalue weighted by Gasteiger charge is 2.26. The van der Waals surface area contributed by atoms with E-state index in [9.17, 15) is 4.79 Å². The van der Waals surface area contributed by atoms with E-state index in [-0.39, 0.29) is 18.0 Å². The summed E-state index contributed by atoms with van der Waals surface area (Å²) < 4.78 is 5.53. The van der Waals surface area contributed by atoms with Crippen LogP contribution in [0.1, 0.15) is 31.2 Å². The molecule has 0 radical (unpaired) electrons. The molecule has 0 bridgehead atoms. The average molecular weight is 273 g/mol. The van der Waals surface area contributed by atoms with Crippen LogP contribution in [0.2, 0.25) is 0 Å². The molecule has 1 heterocycles. The van der Waals surface area contributed by atoms with Crippen LogP contribution in [0.3, 0.4) is 0 Å². The molecule has 1 aromatic carbocycles. The lowest BCUT2D eigenvalue weighted by molar-refractivity contribution is -0.706. The van der Waals surface area contributed by atoms with E-state index in [1.807, 2.05) is 61.6 Å². The van der Waals surface area contributed by atoms with Gasteiger partial charge in [0.25, 0.3) is 5.91 Å². The molecular formula is C16H21N2O2+. The molecule has 20 heavy (non-hydrogen) atoms. The summed E-state index contributed by atoms with van der Waals surface area (Å²) in [5.41, 5.74) is 1.12. The topological polar surface area (TPSA) is 58.9 Å². The predicted molar refractivity (Wildman–Crippen MR) is 77.1 cm³/mol. The van der Waals surface area contributed by atoms with E-state index in [1.54, 1.807) is 6.26 Å². The van der Waals surface area contributed by atoms with Gasteiger partial charge in [0.15, 0.2) is 17.8 Å². The van der Waals surface area contributed by atoms with Gasteiger partial charge >= 0.3 is 0 Å². The largest absolute Gasteiger partial charge is 0.463 e. The zero-order valence-corrected chi connectivity index (χ0v) is 11.9. The van der Waals surface area contributed by atoms with E-state index < -0.39 is 0 Å². The van der Waals surface area contributed by atoms with Crippen LogP contribution in [0.5, 0.6) is 0 Å². The normalized spacial score (nSPS) is 13.7. The number of amides is 1. The number of likely N-dealkylation sites (N-methyl/N-ethyl adjacent to an activating group) is 1. The lowest BCUT2D eigenvalue weighted by Crippen LogP contribution is -2.92. The van der Waals surface area contributed by atoms with Gasteiger partial charge in [-0.3, -0.25) is 4.79 Å². The highest BCUT2D eigenvalue weighted by molar-refractivity contribution is 5.79. The van der Waals surface area contributed by atoms with Gasteiger partial charge < -0.3 is 15.1 Å². The molecule has 2 rings (SSSR count). The van der Waals surface area contributed by atoms with Crippen LogP contribution >= 0.6 is 0 Å². The monoisotopic (exact) mass is 273 g/mol. The molecule has 0 saturated carbocycles. The number of carbonyl (C=O) groups is 1. The molecule has 3 N–H and O–H groups in total. The molecule has 1 aromatic heterocycles. The third-order valence-electron chi connectivity index (χ3n) is 3.25. The molecule has 0 aliphatic heterocycles. The second-order valence-corrected chi connectivity index (χ2v) is 4.78. The molecule has 0 aliphatic rings. The van der Waals surface area contributed by atoms with Gasteiger partial charge in [-0.2, -0.15) is 0 Å². The second-order valence-electron chi connectivity index (χ2n) is 4.78. The first-order valence-corrected chi connectivity index (χ1v) is 6.93. The van der Waals surface area contributed by atoms with Crippen LogP contribution < -0.4 is 10.6 Å². The van der Waals surface area contributed by atoms with E-state index in [1.165, 1.54) is 0 Å². The second kappa shape index (κ2) is 6.91. The fraction of sp³-hybridized carbons (Fsp3) is 0.312. The first-order chi connectivity index (χ1) is 9.72. The molecular weight excluding hydrogens is 252 g/mol. The minimum absolute atomic E-state index is 0.0104. The number of hydrogen-bond donors (Lipinski definition) is 2. The maximum absolute atomic E-state index is 11.9. The van der Waals surface area contributed by atoms with Crippen molar-refractivity contribution in [3.8, 4) is 0 Å². The number of furan rings is 1. The Morgan fingerprint density at radius 3 is 2.60 bits per heavy atom. The van der Waals surface area contributed by atoms with E-state index in [2.05, 4.69) is 5.32 Å². The molecule has 0 saturated heterocycles. The first kappa shape index (κ1) is 14.3. The summed E-state index contributed by atoms with van der Waals surface area (Å²) in [5, 5.41) is 4.87. The zero-order valence-electron chi connectivity index (χ0n) is 11.9. The maximum Gasteiger partial charge on any atom is 0.277 e. The van der Waals surface area contributed by atoms with Crippen LogP contribution in [0.4, 0.5) is 0 Å². The number of carbonyl (C=O) groups excluding carboxylic acids is 1. The minimum atomic E-state index is -0.176. The molecule has 2 atom stereocenters. The number of nitrogens with one attached hydrogen (secondary N) is 1.